The van der Waals surface area contributed by atoms with Gasteiger partial charge in [0.15, 0.2) is 0 Å². The summed E-state index contributed by atoms with van der Waals surface area (Å²) in [7, 11) is 0. The fourth-order valence-electron chi connectivity index (χ4n) is 1.58. The highest BCUT2D eigenvalue weighted by molar-refractivity contribution is 6.31. The Morgan fingerprint density at radius 3 is 2.94 bits per heavy atom. The first-order valence-electron chi connectivity index (χ1n) is 5.65. The molecule has 0 aliphatic heterocycles. The minimum Gasteiger partial charge on any atom is -0.382 e. The van der Waals surface area contributed by atoms with Crippen molar-refractivity contribution in [3.63, 3.8) is 0 Å². The van der Waals surface area contributed by atoms with E-state index < -0.39 is 0 Å². The summed E-state index contributed by atoms with van der Waals surface area (Å²) in [6, 6.07) is 4.37. The van der Waals surface area contributed by atoms with Gasteiger partial charge in [0.1, 0.15) is 5.82 Å². The number of benzene rings is 1. The molecule has 1 aromatic carbocycles. The van der Waals surface area contributed by atoms with E-state index in [1.54, 1.807) is 6.07 Å². The van der Waals surface area contributed by atoms with E-state index in [0.29, 0.717) is 24.7 Å². The van der Waals surface area contributed by atoms with Gasteiger partial charge in [0.25, 0.3) is 0 Å². The molecule has 96 valence electrons. The number of nitrogens with one attached hydrogen (secondary N) is 1. The minimum absolute atomic E-state index is 0.0286. The summed E-state index contributed by atoms with van der Waals surface area (Å²) in [6.45, 7) is 3.24. The van der Waals surface area contributed by atoms with Crippen molar-refractivity contribution in [2.45, 2.75) is 25.8 Å². The van der Waals surface area contributed by atoms with Gasteiger partial charge in [-0.25, -0.2) is 4.39 Å². The maximum Gasteiger partial charge on any atom is 0.123 e. The Labute approximate surface area is 106 Å². The van der Waals surface area contributed by atoms with Crippen LogP contribution in [0.15, 0.2) is 18.2 Å². The van der Waals surface area contributed by atoms with E-state index >= 15 is 0 Å². The molecular formula is C12H18ClFN2O. The van der Waals surface area contributed by atoms with Crippen LogP contribution in [0.25, 0.3) is 0 Å². The molecule has 0 aliphatic rings. The normalized spacial score (nSPS) is 12.7. The molecule has 1 aromatic rings. The van der Waals surface area contributed by atoms with Crippen molar-refractivity contribution >= 4 is 11.6 Å². The molecule has 0 radical (unpaired) electrons. The van der Waals surface area contributed by atoms with Crippen LogP contribution in [0.2, 0.25) is 5.02 Å². The summed E-state index contributed by atoms with van der Waals surface area (Å²) in [4.78, 5) is 0. The fourth-order valence-corrected chi connectivity index (χ4v) is 1.77. The summed E-state index contributed by atoms with van der Waals surface area (Å²) >= 11 is 5.99. The van der Waals surface area contributed by atoms with E-state index in [4.69, 9.17) is 22.2 Å². The predicted molar refractivity (Wildman–Crippen MR) is 67.3 cm³/mol. The van der Waals surface area contributed by atoms with Gasteiger partial charge in [-0.2, -0.15) is 0 Å². The molecule has 0 amide bonds. The molecule has 0 aliphatic carbocycles. The molecule has 0 bridgehead atoms. The lowest BCUT2D eigenvalue weighted by atomic mass is 10.0. The molecule has 1 atom stereocenters. The zero-order valence-corrected chi connectivity index (χ0v) is 10.6. The second-order valence-corrected chi connectivity index (χ2v) is 4.20. The standard InChI is InChI=1S/C12H18ClFN2O/c1-2-17-6-5-11(16-15)8-9-7-10(14)3-4-12(9)13/h3-4,7,11,16H,2,5-6,8,15H2,1H3. The Kier molecular flexibility index (Phi) is 6.44. The molecule has 3 N–H and O–H groups in total. The summed E-state index contributed by atoms with van der Waals surface area (Å²) in [5.74, 6) is 5.16. The third-order valence-electron chi connectivity index (χ3n) is 2.52. The Morgan fingerprint density at radius 1 is 1.53 bits per heavy atom. The third kappa shape index (κ3) is 5.00. The zero-order chi connectivity index (χ0) is 12.7. The van der Waals surface area contributed by atoms with Crippen LogP contribution in [-0.4, -0.2) is 19.3 Å². The highest BCUT2D eigenvalue weighted by Crippen LogP contribution is 2.19. The van der Waals surface area contributed by atoms with Gasteiger partial charge in [-0.1, -0.05) is 11.6 Å². The topological polar surface area (TPSA) is 47.3 Å². The van der Waals surface area contributed by atoms with Crippen molar-refractivity contribution in [2.75, 3.05) is 13.2 Å². The maximum absolute atomic E-state index is 13.1. The maximum atomic E-state index is 13.1. The smallest absolute Gasteiger partial charge is 0.123 e. The van der Waals surface area contributed by atoms with Crippen LogP contribution in [-0.2, 0) is 11.2 Å². The van der Waals surface area contributed by atoms with Crippen LogP contribution in [0, 0.1) is 5.82 Å². The molecule has 0 saturated heterocycles. The molecule has 0 aromatic heterocycles. The number of hydrazine groups is 1. The molecule has 1 rings (SSSR count). The predicted octanol–water partition coefficient (Wildman–Crippen LogP) is 2.28. The first-order valence-corrected chi connectivity index (χ1v) is 6.03. The van der Waals surface area contributed by atoms with Crippen molar-refractivity contribution in [1.29, 1.82) is 0 Å². The Morgan fingerprint density at radius 2 is 2.29 bits per heavy atom. The second kappa shape index (κ2) is 7.61. The molecule has 0 spiro atoms. The van der Waals surface area contributed by atoms with Gasteiger partial charge < -0.3 is 4.74 Å². The molecule has 0 fully saturated rings. The quantitative estimate of drug-likeness (QED) is 0.449. The van der Waals surface area contributed by atoms with Crippen LogP contribution < -0.4 is 11.3 Å². The van der Waals surface area contributed by atoms with E-state index in [0.717, 1.165) is 12.0 Å². The van der Waals surface area contributed by atoms with Crippen LogP contribution >= 0.6 is 11.6 Å². The van der Waals surface area contributed by atoms with Crippen molar-refractivity contribution in [3.05, 3.63) is 34.6 Å². The third-order valence-corrected chi connectivity index (χ3v) is 2.89. The van der Waals surface area contributed by atoms with Gasteiger partial charge in [-0.15, -0.1) is 0 Å². The summed E-state index contributed by atoms with van der Waals surface area (Å²) < 4.78 is 18.3. The van der Waals surface area contributed by atoms with Crippen LogP contribution in [0.5, 0.6) is 0 Å². The highest BCUT2D eigenvalue weighted by Gasteiger charge is 2.11. The zero-order valence-electron chi connectivity index (χ0n) is 9.88. The van der Waals surface area contributed by atoms with Crippen LogP contribution in [0.4, 0.5) is 4.39 Å². The molecule has 5 heteroatoms. The average molecular weight is 261 g/mol. The summed E-state index contributed by atoms with van der Waals surface area (Å²) in [6.07, 6.45) is 1.34. The molecule has 1 unspecified atom stereocenters. The van der Waals surface area contributed by atoms with Crippen molar-refractivity contribution in [1.82, 2.24) is 5.43 Å². The number of nitrogens with two attached hydrogens (primary N) is 1. The molecule has 0 saturated carbocycles. The lowest BCUT2D eigenvalue weighted by Gasteiger charge is -2.16. The first kappa shape index (κ1) is 14.4. The fraction of sp³-hybridized carbons (Fsp3) is 0.500. The number of hydrogen-bond donors (Lipinski definition) is 2. The van der Waals surface area contributed by atoms with Gasteiger partial charge in [0.05, 0.1) is 0 Å². The molecule has 17 heavy (non-hydrogen) atoms. The van der Waals surface area contributed by atoms with E-state index in [-0.39, 0.29) is 11.9 Å². The number of ether oxygens (including phenoxy) is 1. The minimum atomic E-state index is -0.287. The first-order chi connectivity index (χ1) is 8.17. The van der Waals surface area contributed by atoms with E-state index in [1.807, 2.05) is 6.92 Å². The SMILES string of the molecule is CCOCCC(Cc1cc(F)ccc1Cl)NN. The highest BCUT2D eigenvalue weighted by atomic mass is 35.5. The number of hydrogen-bond acceptors (Lipinski definition) is 3. The Hall–Kier alpha value is -0.680. The largest absolute Gasteiger partial charge is 0.382 e. The van der Waals surface area contributed by atoms with Gasteiger partial charge in [-0.05, 0) is 43.5 Å². The molecular weight excluding hydrogens is 243 g/mol. The molecule has 0 heterocycles. The van der Waals surface area contributed by atoms with Gasteiger partial charge >= 0.3 is 0 Å². The van der Waals surface area contributed by atoms with E-state index in [1.165, 1.54) is 12.1 Å². The lowest BCUT2D eigenvalue weighted by molar-refractivity contribution is 0.136. The van der Waals surface area contributed by atoms with Crippen LogP contribution in [0.1, 0.15) is 18.9 Å². The summed E-state index contributed by atoms with van der Waals surface area (Å²) in [5, 5.41) is 0.558. The number of rotatable bonds is 7. The van der Waals surface area contributed by atoms with Crippen molar-refractivity contribution < 1.29 is 9.13 Å². The van der Waals surface area contributed by atoms with E-state index in [9.17, 15) is 4.39 Å². The van der Waals surface area contributed by atoms with Gasteiger partial charge in [0.2, 0.25) is 0 Å². The summed E-state index contributed by atoms with van der Waals surface area (Å²) in [5.41, 5.74) is 3.45. The molecule has 3 nitrogen and oxygen atoms in total. The van der Waals surface area contributed by atoms with E-state index in [2.05, 4.69) is 5.43 Å². The second-order valence-electron chi connectivity index (χ2n) is 3.79. The van der Waals surface area contributed by atoms with Gasteiger partial charge in [0, 0.05) is 24.3 Å². The van der Waals surface area contributed by atoms with Crippen molar-refractivity contribution in [3.8, 4) is 0 Å². The number of halogens is 2. The lowest BCUT2D eigenvalue weighted by Crippen LogP contribution is -2.37. The Balaban J connectivity index is 2.57. The average Bonchev–Trinajstić information content (AvgIpc) is 2.32. The van der Waals surface area contributed by atoms with Gasteiger partial charge in [-0.3, -0.25) is 11.3 Å². The van der Waals surface area contributed by atoms with Crippen molar-refractivity contribution in [2.24, 2.45) is 5.84 Å². The monoisotopic (exact) mass is 260 g/mol. The van der Waals surface area contributed by atoms with Crippen LogP contribution in [0.3, 0.4) is 0 Å². The Bertz CT molecular complexity index is 349.